The molecule has 3 nitrogen and oxygen atoms in total. The SMILES string of the molecule is Fc1ccc(-c2cccc(-n3cnnc3)c2)c(Cl)c1. The average molecular weight is 274 g/mol. The first-order valence-electron chi connectivity index (χ1n) is 5.64. The number of hydrogen-bond acceptors (Lipinski definition) is 2. The van der Waals surface area contributed by atoms with Gasteiger partial charge in [0.25, 0.3) is 0 Å². The second kappa shape index (κ2) is 4.82. The molecule has 2 aromatic carbocycles. The van der Waals surface area contributed by atoms with Crippen LogP contribution in [0.5, 0.6) is 0 Å². The van der Waals surface area contributed by atoms with E-state index in [-0.39, 0.29) is 5.82 Å². The Bertz CT molecular complexity index is 710. The molecule has 5 heteroatoms. The Labute approximate surface area is 114 Å². The second-order valence-corrected chi connectivity index (χ2v) is 4.45. The summed E-state index contributed by atoms with van der Waals surface area (Å²) < 4.78 is 14.9. The minimum absolute atomic E-state index is 0.344. The standard InChI is InChI=1S/C14H9ClFN3/c15-14-7-11(16)4-5-13(14)10-2-1-3-12(6-10)19-8-17-18-9-19/h1-9H. The van der Waals surface area contributed by atoms with Crippen molar-refractivity contribution in [1.82, 2.24) is 14.8 Å². The predicted octanol–water partition coefficient (Wildman–Crippen LogP) is 3.73. The molecule has 3 rings (SSSR count). The van der Waals surface area contributed by atoms with Crippen molar-refractivity contribution in [2.45, 2.75) is 0 Å². The Morgan fingerprint density at radius 3 is 2.53 bits per heavy atom. The van der Waals surface area contributed by atoms with Crippen molar-refractivity contribution in [3.63, 3.8) is 0 Å². The highest BCUT2D eigenvalue weighted by atomic mass is 35.5. The first-order valence-corrected chi connectivity index (χ1v) is 6.02. The largest absolute Gasteiger partial charge is 0.288 e. The Kier molecular flexibility index (Phi) is 3.01. The fourth-order valence-corrected chi connectivity index (χ4v) is 2.17. The van der Waals surface area contributed by atoms with Gasteiger partial charge >= 0.3 is 0 Å². The van der Waals surface area contributed by atoms with Crippen molar-refractivity contribution in [3.05, 3.63) is 66.0 Å². The number of rotatable bonds is 2. The van der Waals surface area contributed by atoms with Gasteiger partial charge in [-0.1, -0.05) is 23.7 Å². The fraction of sp³-hybridized carbons (Fsp3) is 0. The molecule has 0 unspecified atom stereocenters. The third-order valence-electron chi connectivity index (χ3n) is 2.81. The number of benzene rings is 2. The smallest absolute Gasteiger partial charge is 0.124 e. The maximum absolute atomic E-state index is 13.1. The number of hydrogen-bond donors (Lipinski definition) is 0. The number of nitrogens with zero attached hydrogens (tertiary/aromatic N) is 3. The zero-order chi connectivity index (χ0) is 13.2. The molecular formula is C14H9ClFN3. The molecule has 19 heavy (non-hydrogen) atoms. The molecule has 0 saturated heterocycles. The van der Waals surface area contributed by atoms with Gasteiger partial charge < -0.3 is 0 Å². The van der Waals surface area contributed by atoms with Crippen molar-refractivity contribution < 1.29 is 4.39 Å². The van der Waals surface area contributed by atoms with E-state index in [1.165, 1.54) is 12.1 Å². The highest BCUT2D eigenvalue weighted by Crippen LogP contribution is 2.29. The zero-order valence-corrected chi connectivity index (χ0v) is 10.5. The molecule has 94 valence electrons. The van der Waals surface area contributed by atoms with E-state index in [1.54, 1.807) is 23.3 Å². The summed E-state index contributed by atoms with van der Waals surface area (Å²) in [7, 11) is 0. The molecule has 0 aliphatic carbocycles. The summed E-state index contributed by atoms with van der Waals surface area (Å²) in [5, 5.41) is 7.92. The lowest BCUT2D eigenvalue weighted by Gasteiger charge is -2.07. The molecule has 0 aliphatic rings. The normalized spacial score (nSPS) is 10.6. The van der Waals surface area contributed by atoms with Crippen molar-refractivity contribution >= 4 is 11.6 Å². The molecule has 0 fully saturated rings. The van der Waals surface area contributed by atoms with Gasteiger partial charge in [-0.3, -0.25) is 4.57 Å². The van der Waals surface area contributed by atoms with E-state index < -0.39 is 0 Å². The lowest BCUT2D eigenvalue weighted by atomic mass is 10.0. The molecule has 0 radical (unpaired) electrons. The highest BCUT2D eigenvalue weighted by molar-refractivity contribution is 6.33. The Balaban J connectivity index is 2.08. The Hall–Kier alpha value is -2.20. The maximum Gasteiger partial charge on any atom is 0.124 e. The van der Waals surface area contributed by atoms with E-state index in [2.05, 4.69) is 10.2 Å². The minimum atomic E-state index is -0.344. The second-order valence-electron chi connectivity index (χ2n) is 4.04. The molecule has 0 N–H and O–H groups in total. The van der Waals surface area contributed by atoms with E-state index in [0.29, 0.717) is 5.02 Å². The summed E-state index contributed by atoms with van der Waals surface area (Å²) >= 11 is 6.07. The van der Waals surface area contributed by atoms with Crippen molar-refractivity contribution in [2.24, 2.45) is 0 Å². The van der Waals surface area contributed by atoms with Crippen LogP contribution in [-0.2, 0) is 0 Å². The Morgan fingerprint density at radius 2 is 1.79 bits per heavy atom. The molecular weight excluding hydrogens is 265 g/mol. The molecule has 0 saturated carbocycles. The number of aromatic nitrogens is 3. The van der Waals surface area contributed by atoms with Gasteiger partial charge in [-0.15, -0.1) is 10.2 Å². The van der Waals surface area contributed by atoms with Gasteiger partial charge in [-0.05, 0) is 35.9 Å². The fourth-order valence-electron chi connectivity index (χ4n) is 1.89. The van der Waals surface area contributed by atoms with Crippen LogP contribution in [0, 0.1) is 5.82 Å². The van der Waals surface area contributed by atoms with Crippen LogP contribution < -0.4 is 0 Å². The van der Waals surface area contributed by atoms with Gasteiger partial charge in [0.15, 0.2) is 0 Å². The lowest BCUT2D eigenvalue weighted by molar-refractivity contribution is 0.628. The summed E-state index contributed by atoms with van der Waals surface area (Å²) in [6.45, 7) is 0. The van der Waals surface area contributed by atoms with Crippen LogP contribution in [0.15, 0.2) is 55.1 Å². The van der Waals surface area contributed by atoms with Crippen LogP contribution in [0.4, 0.5) is 4.39 Å². The molecule has 0 atom stereocenters. The van der Waals surface area contributed by atoms with Gasteiger partial charge in [0.1, 0.15) is 18.5 Å². The third kappa shape index (κ3) is 2.35. The van der Waals surface area contributed by atoms with Crippen molar-refractivity contribution in [3.8, 4) is 16.8 Å². The first-order chi connectivity index (χ1) is 9.24. The van der Waals surface area contributed by atoms with E-state index in [0.717, 1.165) is 16.8 Å². The van der Waals surface area contributed by atoms with Gasteiger partial charge in [0.2, 0.25) is 0 Å². The molecule has 0 aliphatic heterocycles. The van der Waals surface area contributed by atoms with Gasteiger partial charge in [0, 0.05) is 11.3 Å². The van der Waals surface area contributed by atoms with Crippen LogP contribution in [0.25, 0.3) is 16.8 Å². The Morgan fingerprint density at radius 1 is 1.00 bits per heavy atom. The van der Waals surface area contributed by atoms with Crippen LogP contribution >= 0.6 is 11.6 Å². The van der Waals surface area contributed by atoms with Crippen LogP contribution in [0.1, 0.15) is 0 Å². The monoisotopic (exact) mass is 273 g/mol. The number of halogens is 2. The summed E-state index contributed by atoms with van der Waals surface area (Å²) in [6, 6.07) is 12.1. The predicted molar refractivity (Wildman–Crippen MR) is 71.8 cm³/mol. The van der Waals surface area contributed by atoms with Gasteiger partial charge in [-0.25, -0.2) is 4.39 Å². The van der Waals surface area contributed by atoms with E-state index in [4.69, 9.17) is 11.6 Å². The zero-order valence-electron chi connectivity index (χ0n) is 9.79. The maximum atomic E-state index is 13.1. The summed E-state index contributed by atoms with van der Waals surface area (Å²) in [6.07, 6.45) is 3.23. The highest BCUT2D eigenvalue weighted by Gasteiger charge is 2.06. The van der Waals surface area contributed by atoms with E-state index in [9.17, 15) is 4.39 Å². The minimum Gasteiger partial charge on any atom is -0.288 e. The summed E-state index contributed by atoms with van der Waals surface area (Å²) in [5.41, 5.74) is 2.62. The molecule has 3 aromatic rings. The molecule has 0 bridgehead atoms. The van der Waals surface area contributed by atoms with Crippen LogP contribution in [-0.4, -0.2) is 14.8 Å². The average Bonchev–Trinajstić information content (AvgIpc) is 2.93. The van der Waals surface area contributed by atoms with E-state index >= 15 is 0 Å². The van der Waals surface area contributed by atoms with Crippen molar-refractivity contribution in [2.75, 3.05) is 0 Å². The quantitative estimate of drug-likeness (QED) is 0.712. The van der Waals surface area contributed by atoms with Gasteiger partial charge in [-0.2, -0.15) is 0 Å². The first kappa shape index (κ1) is 11.9. The molecule has 0 spiro atoms. The third-order valence-corrected chi connectivity index (χ3v) is 3.12. The molecule has 1 aromatic heterocycles. The lowest BCUT2D eigenvalue weighted by Crippen LogP contribution is -1.90. The summed E-state index contributed by atoms with van der Waals surface area (Å²) in [4.78, 5) is 0. The van der Waals surface area contributed by atoms with Crippen molar-refractivity contribution in [1.29, 1.82) is 0 Å². The molecule has 1 heterocycles. The summed E-state index contributed by atoms with van der Waals surface area (Å²) in [5.74, 6) is -0.344. The van der Waals surface area contributed by atoms with Gasteiger partial charge in [0.05, 0.1) is 5.02 Å². The van der Waals surface area contributed by atoms with E-state index in [1.807, 2.05) is 24.3 Å². The topological polar surface area (TPSA) is 30.7 Å². The van der Waals surface area contributed by atoms with Crippen LogP contribution in [0.3, 0.4) is 0 Å². The molecule has 0 amide bonds. The van der Waals surface area contributed by atoms with Crippen LogP contribution in [0.2, 0.25) is 5.02 Å².